The molecular weight excluding hydrogens is 224 g/mol. The molecule has 90 valence electrons. The fourth-order valence-corrected chi connectivity index (χ4v) is 2.71. The van der Waals surface area contributed by atoms with Crippen LogP contribution in [-0.4, -0.2) is 47.8 Å². The number of nitrogens with zero attached hydrogens (tertiary/aromatic N) is 2. The molecule has 1 aliphatic heterocycles. The Kier molecular flexibility index (Phi) is 4.29. The van der Waals surface area contributed by atoms with E-state index < -0.39 is 0 Å². The summed E-state index contributed by atoms with van der Waals surface area (Å²) in [4.78, 5) is 7.50. The lowest BCUT2D eigenvalue weighted by Crippen LogP contribution is -2.37. The maximum absolute atomic E-state index is 10.0. The van der Waals surface area contributed by atoms with Crippen molar-refractivity contribution in [2.24, 2.45) is 0 Å². The topological polar surface area (TPSA) is 45.6 Å². The van der Waals surface area contributed by atoms with Crippen molar-refractivity contribution in [1.29, 1.82) is 0 Å². The summed E-state index contributed by atoms with van der Waals surface area (Å²) in [7, 11) is 0. The molecule has 16 heavy (non-hydrogen) atoms. The molecule has 2 rings (SSSR count). The van der Waals surface area contributed by atoms with E-state index >= 15 is 0 Å². The van der Waals surface area contributed by atoms with Gasteiger partial charge in [-0.25, -0.2) is 4.98 Å². The lowest BCUT2D eigenvalue weighted by molar-refractivity contribution is 0.0302. The molecule has 0 amide bonds. The molecule has 1 aromatic heterocycles. The van der Waals surface area contributed by atoms with Gasteiger partial charge in [0.05, 0.1) is 35.4 Å². The minimum atomic E-state index is -0.365. The lowest BCUT2D eigenvalue weighted by Gasteiger charge is -2.27. The second-order valence-electron chi connectivity index (χ2n) is 4.06. The molecular formula is C11H18N2O2S. The van der Waals surface area contributed by atoms with Crippen LogP contribution in [0.5, 0.6) is 0 Å². The zero-order valence-corrected chi connectivity index (χ0v) is 10.4. The van der Waals surface area contributed by atoms with Gasteiger partial charge in [-0.3, -0.25) is 4.90 Å². The van der Waals surface area contributed by atoms with Gasteiger partial charge in [0.1, 0.15) is 0 Å². The third-order valence-electron chi connectivity index (χ3n) is 2.91. The molecule has 0 radical (unpaired) electrons. The first kappa shape index (κ1) is 12.0. The van der Waals surface area contributed by atoms with Crippen LogP contribution in [0.2, 0.25) is 0 Å². The average molecular weight is 242 g/mol. The van der Waals surface area contributed by atoms with E-state index in [9.17, 15) is 5.11 Å². The summed E-state index contributed by atoms with van der Waals surface area (Å²) in [6, 6.07) is 0. The van der Waals surface area contributed by atoms with E-state index in [1.807, 2.05) is 6.92 Å². The quantitative estimate of drug-likeness (QED) is 0.862. The van der Waals surface area contributed by atoms with Gasteiger partial charge in [-0.05, 0) is 13.3 Å². The first-order valence-corrected chi connectivity index (χ1v) is 6.53. The standard InChI is InChI=1S/C11H18N2O2S/c1-9-11(16-8-12-9)10(14)2-3-13-4-6-15-7-5-13/h8,10,14H,2-7H2,1H3. The number of hydrogen-bond acceptors (Lipinski definition) is 5. The number of aliphatic hydroxyl groups is 1. The summed E-state index contributed by atoms with van der Waals surface area (Å²) in [6.07, 6.45) is 0.415. The van der Waals surface area contributed by atoms with Crippen LogP contribution in [0, 0.1) is 6.92 Å². The van der Waals surface area contributed by atoms with Crippen molar-refractivity contribution < 1.29 is 9.84 Å². The molecule has 1 saturated heterocycles. The Bertz CT molecular complexity index is 324. The largest absolute Gasteiger partial charge is 0.387 e. The van der Waals surface area contributed by atoms with Crippen LogP contribution in [-0.2, 0) is 4.74 Å². The Labute approximate surface area is 99.9 Å². The van der Waals surface area contributed by atoms with Gasteiger partial charge in [0.25, 0.3) is 0 Å². The van der Waals surface area contributed by atoms with Crippen molar-refractivity contribution >= 4 is 11.3 Å². The highest BCUT2D eigenvalue weighted by molar-refractivity contribution is 7.09. The van der Waals surface area contributed by atoms with E-state index in [0.717, 1.165) is 49.8 Å². The predicted octanol–water partition coefficient (Wildman–Crippen LogP) is 1.21. The minimum Gasteiger partial charge on any atom is -0.387 e. The highest BCUT2D eigenvalue weighted by Gasteiger charge is 2.16. The van der Waals surface area contributed by atoms with Crippen molar-refractivity contribution in [2.75, 3.05) is 32.8 Å². The molecule has 1 fully saturated rings. The van der Waals surface area contributed by atoms with Gasteiger partial charge in [-0.1, -0.05) is 0 Å². The molecule has 5 heteroatoms. The summed E-state index contributed by atoms with van der Waals surface area (Å²) in [5, 5.41) is 10.0. The molecule has 0 aliphatic carbocycles. The molecule has 1 aromatic rings. The fraction of sp³-hybridized carbons (Fsp3) is 0.727. The van der Waals surface area contributed by atoms with Crippen LogP contribution in [0.4, 0.5) is 0 Å². The molecule has 1 unspecified atom stereocenters. The molecule has 1 N–H and O–H groups in total. The Morgan fingerprint density at radius 2 is 2.31 bits per heavy atom. The molecule has 1 aliphatic rings. The van der Waals surface area contributed by atoms with Crippen LogP contribution in [0.3, 0.4) is 0 Å². The van der Waals surface area contributed by atoms with E-state index in [0.29, 0.717) is 0 Å². The van der Waals surface area contributed by atoms with E-state index in [1.54, 1.807) is 5.51 Å². The number of aliphatic hydroxyl groups excluding tert-OH is 1. The van der Waals surface area contributed by atoms with Crippen LogP contribution < -0.4 is 0 Å². The average Bonchev–Trinajstić information content (AvgIpc) is 2.74. The van der Waals surface area contributed by atoms with E-state index in [2.05, 4.69) is 9.88 Å². The van der Waals surface area contributed by atoms with E-state index in [4.69, 9.17) is 4.74 Å². The second-order valence-corrected chi connectivity index (χ2v) is 4.95. The number of aryl methyl sites for hydroxylation is 1. The Hall–Kier alpha value is -0.490. The van der Waals surface area contributed by atoms with Crippen molar-refractivity contribution in [3.8, 4) is 0 Å². The van der Waals surface area contributed by atoms with Crippen LogP contribution >= 0.6 is 11.3 Å². The molecule has 0 aromatic carbocycles. The highest BCUT2D eigenvalue weighted by atomic mass is 32.1. The fourth-order valence-electron chi connectivity index (χ4n) is 1.89. The molecule has 2 heterocycles. The Balaban J connectivity index is 1.79. The van der Waals surface area contributed by atoms with Crippen LogP contribution in [0.1, 0.15) is 23.1 Å². The van der Waals surface area contributed by atoms with Gasteiger partial charge < -0.3 is 9.84 Å². The zero-order valence-electron chi connectivity index (χ0n) is 9.56. The Morgan fingerprint density at radius 1 is 1.56 bits per heavy atom. The summed E-state index contributed by atoms with van der Waals surface area (Å²) in [6.45, 7) is 6.47. The monoisotopic (exact) mass is 242 g/mol. The smallest absolute Gasteiger partial charge is 0.0912 e. The Morgan fingerprint density at radius 3 is 2.94 bits per heavy atom. The van der Waals surface area contributed by atoms with Crippen molar-refractivity contribution in [2.45, 2.75) is 19.4 Å². The number of hydrogen-bond donors (Lipinski definition) is 1. The summed E-state index contributed by atoms with van der Waals surface area (Å²) in [5.41, 5.74) is 2.75. The van der Waals surface area contributed by atoms with Crippen LogP contribution in [0.15, 0.2) is 5.51 Å². The van der Waals surface area contributed by atoms with Gasteiger partial charge >= 0.3 is 0 Å². The number of thiazole rings is 1. The molecule has 1 atom stereocenters. The maximum atomic E-state index is 10.0. The van der Waals surface area contributed by atoms with E-state index in [-0.39, 0.29) is 6.10 Å². The van der Waals surface area contributed by atoms with Crippen LogP contribution in [0.25, 0.3) is 0 Å². The molecule has 0 bridgehead atoms. The van der Waals surface area contributed by atoms with Crippen molar-refractivity contribution in [3.05, 3.63) is 16.1 Å². The number of rotatable bonds is 4. The molecule has 4 nitrogen and oxygen atoms in total. The second kappa shape index (κ2) is 5.72. The predicted molar refractivity (Wildman–Crippen MR) is 63.7 cm³/mol. The zero-order chi connectivity index (χ0) is 11.4. The molecule has 0 spiro atoms. The van der Waals surface area contributed by atoms with Crippen molar-refractivity contribution in [3.63, 3.8) is 0 Å². The normalized spacial score (nSPS) is 19.9. The first-order chi connectivity index (χ1) is 7.77. The lowest BCUT2D eigenvalue weighted by atomic mass is 10.2. The number of ether oxygens (including phenoxy) is 1. The van der Waals surface area contributed by atoms with Gasteiger partial charge in [0.2, 0.25) is 0 Å². The van der Waals surface area contributed by atoms with Gasteiger partial charge in [-0.2, -0.15) is 0 Å². The van der Waals surface area contributed by atoms with Gasteiger partial charge in [-0.15, -0.1) is 11.3 Å². The SMILES string of the molecule is Cc1ncsc1C(O)CCN1CCOCC1. The third kappa shape index (κ3) is 3.01. The summed E-state index contributed by atoms with van der Waals surface area (Å²) < 4.78 is 5.29. The third-order valence-corrected chi connectivity index (χ3v) is 3.94. The molecule has 0 saturated carbocycles. The van der Waals surface area contributed by atoms with E-state index in [1.165, 1.54) is 11.3 Å². The first-order valence-electron chi connectivity index (χ1n) is 5.65. The summed E-state index contributed by atoms with van der Waals surface area (Å²) in [5.74, 6) is 0. The number of aromatic nitrogens is 1. The highest BCUT2D eigenvalue weighted by Crippen LogP contribution is 2.24. The van der Waals surface area contributed by atoms with Crippen molar-refractivity contribution in [1.82, 2.24) is 9.88 Å². The van der Waals surface area contributed by atoms with Gasteiger partial charge in [0.15, 0.2) is 0 Å². The minimum absolute atomic E-state index is 0.365. The number of morpholine rings is 1. The van der Waals surface area contributed by atoms with Gasteiger partial charge in [0, 0.05) is 19.6 Å². The maximum Gasteiger partial charge on any atom is 0.0912 e. The summed E-state index contributed by atoms with van der Waals surface area (Å²) >= 11 is 1.54.